The molecule has 0 radical (unpaired) electrons. The Morgan fingerprint density at radius 1 is 1.19 bits per heavy atom. The number of carbonyl (C=O) groups excluding carboxylic acids is 1. The van der Waals surface area contributed by atoms with Crippen LogP contribution in [0.2, 0.25) is 0 Å². The van der Waals surface area contributed by atoms with Gasteiger partial charge in [-0.1, -0.05) is 30.7 Å². The summed E-state index contributed by atoms with van der Waals surface area (Å²) in [6.07, 6.45) is 1.26. The van der Waals surface area contributed by atoms with Crippen molar-refractivity contribution in [2.75, 3.05) is 0 Å². The number of halogens is 2. The average molecular weight is 224 g/mol. The molecule has 0 saturated heterocycles. The molecule has 1 aromatic rings. The van der Waals surface area contributed by atoms with E-state index in [1.54, 1.807) is 24.3 Å². The van der Waals surface area contributed by atoms with E-state index in [0.29, 0.717) is 11.1 Å². The van der Waals surface area contributed by atoms with Gasteiger partial charge in [-0.05, 0) is 24.3 Å². The van der Waals surface area contributed by atoms with Gasteiger partial charge in [-0.3, -0.25) is 4.79 Å². The van der Waals surface area contributed by atoms with E-state index in [1.165, 1.54) is 0 Å². The Labute approximate surface area is 93.5 Å². The van der Waals surface area contributed by atoms with Crippen molar-refractivity contribution in [3.63, 3.8) is 0 Å². The molecule has 3 heteroatoms. The van der Waals surface area contributed by atoms with Crippen LogP contribution in [-0.2, 0) is 0 Å². The Hall–Kier alpha value is -1.25. The zero-order valence-corrected chi connectivity index (χ0v) is 8.90. The van der Waals surface area contributed by atoms with Crippen molar-refractivity contribution >= 4 is 6.29 Å². The first-order valence-corrected chi connectivity index (χ1v) is 5.55. The summed E-state index contributed by atoms with van der Waals surface area (Å²) >= 11 is 0. The fourth-order valence-electron chi connectivity index (χ4n) is 2.22. The standard InChI is InChI=1S/C13H14F2O/c14-13(15)12(10-2-1-3-10)11-6-4-9(8-16)5-7-11/h4-8,10,12-13H,1-3H2. The monoisotopic (exact) mass is 224 g/mol. The van der Waals surface area contributed by atoms with Gasteiger partial charge >= 0.3 is 0 Å². The van der Waals surface area contributed by atoms with Gasteiger partial charge in [-0.25, -0.2) is 8.78 Å². The zero-order chi connectivity index (χ0) is 11.5. The van der Waals surface area contributed by atoms with Crippen molar-refractivity contribution in [2.24, 2.45) is 5.92 Å². The highest BCUT2D eigenvalue weighted by Crippen LogP contribution is 2.42. The number of aldehydes is 1. The molecule has 1 aliphatic carbocycles. The van der Waals surface area contributed by atoms with Crippen LogP contribution < -0.4 is 0 Å². The number of hydrogen-bond donors (Lipinski definition) is 0. The number of alkyl halides is 2. The maximum atomic E-state index is 13.0. The van der Waals surface area contributed by atoms with Gasteiger partial charge in [-0.15, -0.1) is 0 Å². The number of hydrogen-bond acceptors (Lipinski definition) is 1. The van der Waals surface area contributed by atoms with Gasteiger partial charge in [0.1, 0.15) is 6.29 Å². The molecule has 0 N–H and O–H groups in total. The molecule has 86 valence electrons. The number of carbonyl (C=O) groups is 1. The minimum absolute atomic E-state index is 0.113. The molecule has 16 heavy (non-hydrogen) atoms. The van der Waals surface area contributed by atoms with Crippen molar-refractivity contribution in [1.82, 2.24) is 0 Å². The first-order chi connectivity index (χ1) is 7.72. The molecular weight excluding hydrogens is 210 g/mol. The minimum Gasteiger partial charge on any atom is -0.298 e. The second kappa shape index (κ2) is 4.73. The van der Waals surface area contributed by atoms with Gasteiger partial charge in [-0.2, -0.15) is 0 Å². The largest absolute Gasteiger partial charge is 0.298 e. The maximum absolute atomic E-state index is 13.0. The Morgan fingerprint density at radius 3 is 2.19 bits per heavy atom. The lowest BCUT2D eigenvalue weighted by molar-refractivity contribution is 0.0617. The fraction of sp³-hybridized carbons (Fsp3) is 0.462. The third-order valence-electron chi connectivity index (χ3n) is 3.39. The topological polar surface area (TPSA) is 17.1 Å². The van der Waals surface area contributed by atoms with Crippen LogP contribution in [0.3, 0.4) is 0 Å². The highest BCUT2D eigenvalue weighted by molar-refractivity contribution is 5.74. The van der Waals surface area contributed by atoms with Crippen LogP contribution in [0.1, 0.15) is 41.1 Å². The summed E-state index contributed by atoms with van der Waals surface area (Å²) in [7, 11) is 0. The average Bonchev–Trinajstić information content (AvgIpc) is 2.23. The highest BCUT2D eigenvalue weighted by Gasteiger charge is 2.34. The summed E-state index contributed by atoms with van der Waals surface area (Å²) in [5.41, 5.74) is 1.19. The molecule has 0 spiro atoms. The van der Waals surface area contributed by atoms with Crippen LogP contribution in [-0.4, -0.2) is 12.7 Å². The SMILES string of the molecule is O=Cc1ccc(C(C(F)F)C2CCC2)cc1. The third kappa shape index (κ3) is 2.13. The second-order valence-corrected chi connectivity index (χ2v) is 4.34. The molecule has 1 fully saturated rings. The lowest BCUT2D eigenvalue weighted by Crippen LogP contribution is -2.25. The molecule has 1 aliphatic rings. The molecule has 1 unspecified atom stereocenters. The van der Waals surface area contributed by atoms with E-state index in [9.17, 15) is 13.6 Å². The first kappa shape index (κ1) is 11.2. The molecule has 1 aromatic carbocycles. The number of rotatable bonds is 4. The van der Waals surface area contributed by atoms with Crippen molar-refractivity contribution in [3.8, 4) is 0 Å². The molecule has 1 saturated carbocycles. The fourth-order valence-corrected chi connectivity index (χ4v) is 2.22. The minimum atomic E-state index is -2.31. The lowest BCUT2D eigenvalue weighted by atomic mass is 9.73. The Kier molecular flexibility index (Phi) is 3.32. The van der Waals surface area contributed by atoms with Crippen molar-refractivity contribution in [1.29, 1.82) is 0 Å². The predicted octanol–water partition coefficient (Wildman–Crippen LogP) is 3.65. The summed E-state index contributed by atoms with van der Waals surface area (Å²) in [6, 6.07) is 6.52. The third-order valence-corrected chi connectivity index (χ3v) is 3.39. The van der Waals surface area contributed by atoms with Crippen LogP contribution in [0.5, 0.6) is 0 Å². The van der Waals surface area contributed by atoms with Crippen molar-refractivity contribution in [3.05, 3.63) is 35.4 Å². The van der Waals surface area contributed by atoms with Gasteiger partial charge in [0.2, 0.25) is 6.43 Å². The van der Waals surface area contributed by atoms with Crippen LogP contribution in [0, 0.1) is 5.92 Å². The first-order valence-electron chi connectivity index (χ1n) is 5.55. The van der Waals surface area contributed by atoms with Gasteiger partial charge in [0.05, 0.1) is 0 Å². The quantitative estimate of drug-likeness (QED) is 0.713. The summed E-state index contributed by atoms with van der Waals surface area (Å²) < 4.78 is 25.9. The van der Waals surface area contributed by atoms with Gasteiger partial charge in [0.15, 0.2) is 0 Å². The smallest absolute Gasteiger partial charge is 0.245 e. The van der Waals surface area contributed by atoms with Crippen LogP contribution in [0.15, 0.2) is 24.3 Å². The summed E-state index contributed by atoms with van der Waals surface area (Å²) in [5.74, 6) is -0.545. The van der Waals surface area contributed by atoms with E-state index in [-0.39, 0.29) is 5.92 Å². The molecule has 0 aliphatic heterocycles. The van der Waals surface area contributed by atoms with E-state index in [2.05, 4.69) is 0 Å². The van der Waals surface area contributed by atoms with Crippen LogP contribution >= 0.6 is 0 Å². The predicted molar refractivity (Wildman–Crippen MR) is 57.9 cm³/mol. The molecular formula is C13H14F2O. The normalized spacial score (nSPS) is 18.2. The van der Waals surface area contributed by atoms with Gasteiger partial charge in [0.25, 0.3) is 0 Å². The number of benzene rings is 1. The molecule has 2 rings (SSSR count). The Morgan fingerprint density at radius 2 is 1.81 bits per heavy atom. The molecule has 1 nitrogen and oxygen atoms in total. The molecule has 1 atom stereocenters. The van der Waals surface area contributed by atoms with E-state index in [4.69, 9.17) is 0 Å². The van der Waals surface area contributed by atoms with E-state index in [0.717, 1.165) is 25.5 Å². The van der Waals surface area contributed by atoms with Crippen LogP contribution in [0.25, 0.3) is 0 Å². The Bertz CT molecular complexity index is 355. The molecule has 0 aromatic heterocycles. The van der Waals surface area contributed by atoms with Gasteiger partial charge < -0.3 is 0 Å². The van der Waals surface area contributed by atoms with Crippen molar-refractivity contribution in [2.45, 2.75) is 31.6 Å². The van der Waals surface area contributed by atoms with Crippen LogP contribution in [0.4, 0.5) is 8.78 Å². The lowest BCUT2D eigenvalue weighted by Gasteiger charge is -2.33. The summed E-state index contributed by atoms with van der Waals surface area (Å²) in [6.45, 7) is 0. The highest BCUT2D eigenvalue weighted by atomic mass is 19.3. The maximum Gasteiger partial charge on any atom is 0.245 e. The van der Waals surface area contributed by atoms with Gasteiger partial charge in [0, 0.05) is 11.5 Å². The van der Waals surface area contributed by atoms with E-state index >= 15 is 0 Å². The van der Waals surface area contributed by atoms with E-state index in [1.807, 2.05) is 0 Å². The summed E-state index contributed by atoms with van der Waals surface area (Å²) in [4.78, 5) is 10.5. The Balaban J connectivity index is 2.20. The summed E-state index contributed by atoms with van der Waals surface area (Å²) in [5, 5.41) is 0. The van der Waals surface area contributed by atoms with Crippen molar-refractivity contribution < 1.29 is 13.6 Å². The molecule has 0 heterocycles. The van der Waals surface area contributed by atoms with E-state index < -0.39 is 12.3 Å². The zero-order valence-electron chi connectivity index (χ0n) is 8.90. The molecule has 0 amide bonds. The molecule has 0 bridgehead atoms. The second-order valence-electron chi connectivity index (χ2n) is 4.34.